The summed E-state index contributed by atoms with van der Waals surface area (Å²) in [6.07, 6.45) is 0.663. The zero-order chi connectivity index (χ0) is 16.8. The van der Waals surface area contributed by atoms with Gasteiger partial charge in [0.2, 0.25) is 5.60 Å². The maximum Gasteiger partial charge on any atom is 0.542 e. The van der Waals surface area contributed by atoms with Crippen LogP contribution in [0.5, 0.6) is 0 Å². The van der Waals surface area contributed by atoms with Gasteiger partial charge < -0.3 is 13.9 Å². The topological polar surface area (TPSA) is 109 Å². The summed E-state index contributed by atoms with van der Waals surface area (Å²) >= 11 is 0. The molecule has 0 fully saturated rings. The van der Waals surface area contributed by atoms with Crippen molar-refractivity contribution in [1.29, 1.82) is 0 Å². The third-order valence-electron chi connectivity index (χ3n) is 3.19. The minimum absolute atomic E-state index is 0.184. The van der Waals surface area contributed by atoms with Crippen molar-refractivity contribution in [2.45, 2.75) is 51.7 Å². The molecular weight excluding hydrogens is 294 g/mol. The molecule has 8 nitrogen and oxygen atoms in total. The number of carbonyl (C=O) groups is 2. The Morgan fingerprint density at radius 3 is 2.68 bits per heavy atom. The molecule has 1 aromatic rings. The number of nitrogens with zero attached hydrogens (tertiary/aromatic N) is 1. The van der Waals surface area contributed by atoms with Crippen molar-refractivity contribution < 1.29 is 28.0 Å². The number of carbonyl (C=O) groups excluding carboxylic acids is 2. The molecule has 0 aliphatic heterocycles. The zero-order valence-electron chi connectivity index (χ0n) is 12.8. The Hall–Kier alpha value is -2.38. The first kappa shape index (κ1) is 17.7. The highest BCUT2D eigenvalue weighted by atomic mass is 16.6. The number of ether oxygens (including phenoxy) is 2. The molecule has 0 saturated carbocycles. The Bertz CT molecular complexity index is 588. The number of unbranched alkanes of at least 4 members (excludes halogenated alkanes) is 1. The van der Waals surface area contributed by atoms with E-state index in [1.54, 1.807) is 0 Å². The van der Waals surface area contributed by atoms with Gasteiger partial charge >= 0.3 is 11.8 Å². The highest BCUT2D eigenvalue weighted by molar-refractivity contribution is 5.87. The highest BCUT2D eigenvalue weighted by Crippen LogP contribution is 2.35. The van der Waals surface area contributed by atoms with E-state index < -0.39 is 23.5 Å². The summed E-state index contributed by atoms with van der Waals surface area (Å²) in [6, 6.07) is 0. The Morgan fingerprint density at radius 2 is 2.23 bits per heavy atom. The Balaban J connectivity index is 3.22. The van der Waals surface area contributed by atoms with Crippen LogP contribution in [-0.2, 0) is 24.7 Å². The van der Waals surface area contributed by atoms with Gasteiger partial charge in [0.1, 0.15) is 6.10 Å². The van der Waals surface area contributed by atoms with Crippen LogP contribution >= 0.6 is 0 Å². The monoisotopic (exact) mass is 313 g/mol. The molecule has 0 saturated heterocycles. The maximum atomic E-state index is 11.7. The fourth-order valence-electron chi connectivity index (χ4n) is 1.93. The maximum absolute atomic E-state index is 11.7. The number of aromatic nitrogens is 1. The van der Waals surface area contributed by atoms with Crippen LogP contribution in [-0.4, -0.2) is 23.7 Å². The quantitative estimate of drug-likeness (QED) is 0.385. The molecule has 0 amide bonds. The standard InChI is InChI=1S/C14H19NO7/c1-5-6-7-14(19-8-16,12-15-22-13(18)21-12)10(4)20-11(17)9(2)3/h8,10H,2,5-7H2,1,3-4H3. The van der Waals surface area contributed by atoms with E-state index in [0.717, 1.165) is 6.42 Å². The van der Waals surface area contributed by atoms with Crippen LogP contribution in [0.1, 0.15) is 45.9 Å². The SMILES string of the molecule is C=C(C)C(=O)OC(C)C(CCCC)(OC=O)c1noc(=O)o1. The van der Waals surface area contributed by atoms with Gasteiger partial charge in [-0.05, 0) is 25.4 Å². The minimum Gasteiger partial charge on any atom is -0.454 e. The molecule has 8 heteroatoms. The van der Waals surface area contributed by atoms with Gasteiger partial charge in [0.25, 0.3) is 12.4 Å². The van der Waals surface area contributed by atoms with Crippen LogP contribution in [0, 0.1) is 0 Å². The molecule has 0 aliphatic carbocycles. The summed E-state index contributed by atoms with van der Waals surface area (Å²) in [5, 5.41) is 3.48. The van der Waals surface area contributed by atoms with E-state index in [9.17, 15) is 14.4 Å². The largest absolute Gasteiger partial charge is 0.542 e. The molecule has 1 rings (SSSR count). The van der Waals surface area contributed by atoms with Crippen LogP contribution in [0.15, 0.2) is 25.9 Å². The van der Waals surface area contributed by atoms with Crippen LogP contribution in [0.4, 0.5) is 0 Å². The lowest BCUT2D eigenvalue weighted by molar-refractivity contribution is -0.181. The molecule has 0 bridgehead atoms. The normalized spacial score (nSPS) is 14.7. The summed E-state index contributed by atoms with van der Waals surface area (Å²) in [4.78, 5) is 33.7. The average Bonchev–Trinajstić information content (AvgIpc) is 2.90. The van der Waals surface area contributed by atoms with Gasteiger partial charge in [-0.15, -0.1) is 0 Å². The summed E-state index contributed by atoms with van der Waals surface area (Å²) in [5.74, 6) is -1.95. The first-order valence-corrected chi connectivity index (χ1v) is 6.82. The predicted molar refractivity (Wildman–Crippen MR) is 73.8 cm³/mol. The fraction of sp³-hybridized carbons (Fsp3) is 0.571. The van der Waals surface area contributed by atoms with E-state index >= 15 is 0 Å². The second-order valence-electron chi connectivity index (χ2n) is 4.87. The summed E-state index contributed by atoms with van der Waals surface area (Å²) in [6.45, 7) is 8.59. The predicted octanol–water partition coefficient (Wildman–Crippen LogP) is 1.69. The second-order valence-corrected chi connectivity index (χ2v) is 4.87. The molecule has 1 heterocycles. The number of hydrogen-bond acceptors (Lipinski definition) is 8. The van der Waals surface area contributed by atoms with Crippen molar-refractivity contribution in [2.24, 2.45) is 0 Å². The first-order chi connectivity index (χ1) is 10.4. The summed E-state index contributed by atoms with van der Waals surface area (Å²) in [5.41, 5.74) is -1.35. The Kier molecular flexibility index (Phi) is 6.09. The zero-order valence-corrected chi connectivity index (χ0v) is 12.8. The third kappa shape index (κ3) is 3.84. The van der Waals surface area contributed by atoms with E-state index in [1.807, 2.05) is 6.92 Å². The van der Waals surface area contributed by atoms with Crippen molar-refractivity contribution in [2.75, 3.05) is 0 Å². The van der Waals surface area contributed by atoms with Crippen molar-refractivity contribution in [1.82, 2.24) is 5.16 Å². The van der Waals surface area contributed by atoms with Crippen LogP contribution < -0.4 is 5.82 Å². The minimum atomic E-state index is -1.53. The van der Waals surface area contributed by atoms with E-state index in [-0.39, 0.29) is 24.4 Å². The summed E-state index contributed by atoms with van der Waals surface area (Å²) < 4.78 is 19.6. The van der Waals surface area contributed by atoms with Crippen LogP contribution in [0.2, 0.25) is 0 Å². The molecular formula is C14H19NO7. The van der Waals surface area contributed by atoms with Crippen LogP contribution in [0.3, 0.4) is 0 Å². The van der Waals surface area contributed by atoms with Gasteiger partial charge in [0, 0.05) is 12.0 Å². The molecule has 2 atom stereocenters. The summed E-state index contributed by atoms with van der Waals surface area (Å²) in [7, 11) is 0. The third-order valence-corrected chi connectivity index (χ3v) is 3.19. The first-order valence-electron chi connectivity index (χ1n) is 6.82. The van der Waals surface area contributed by atoms with Gasteiger partial charge in [-0.1, -0.05) is 19.9 Å². The van der Waals surface area contributed by atoms with Crippen molar-refractivity contribution in [3.63, 3.8) is 0 Å². The van der Waals surface area contributed by atoms with Crippen molar-refractivity contribution in [3.8, 4) is 0 Å². The van der Waals surface area contributed by atoms with E-state index in [2.05, 4.69) is 16.3 Å². The Morgan fingerprint density at radius 1 is 1.55 bits per heavy atom. The second kappa shape index (κ2) is 7.58. The van der Waals surface area contributed by atoms with Crippen molar-refractivity contribution >= 4 is 12.4 Å². The molecule has 0 radical (unpaired) electrons. The lowest BCUT2D eigenvalue weighted by Crippen LogP contribution is -2.43. The Labute approximate surface area is 127 Å². The van der Waals surface area contributed by atoms with Gasteiger partial charge in [-0.3, -0.25) is 9.32 Å². The fourth-order valence-corrected chi connectivity index (χ4v) is 1.93. The molecule has 122 valence electrons. The van der Waals surface area contributed by atoms with Gasteiger partial charge in [0.15, 0.2) is 0 Å². The number of esters is 1. The molecule has 0 aliphatic rings. The molecule has 1 aromatic heterocycles. The lowest BCUT2D eigenvalue weighted by Gasteiger charge is -2.33. The molecule has 0 aromatic carbocycles. The van der Waals surface area contributed by atoms with Crippen molar-refractivity contribution in [3.05, 3.63) is 28.7 Å². The van der Waals surface area contributed by atoms with E-state index in [1.165, 1.54) is 13.8 Å². The molecule has 0 N–H and O–H groups in total. The number of hydrogen-bond donors (Lipinski definition) is 0. The number of rotatable bonds is 9. The smallest absolute Gasteiger partial charge is 0.454 e. The van der Waals surface area contributed by atoms with Gasteiger partial charge in [-0.25, -0.2) is 9.59 Å². The molecule has 2 unspecified atom stereocenters. The highest BCUT2D eigenvalue weighted by Gasteiger charge is 2.48. The molecule has 0 spiro atoms. The van der Waals surface area contributed by atoms with E-state index in [0.29, 0.717) is 6.42 Å². The average molecular weight is 313 g/mol. The van der Waals surface area contributed by atoms with Gasteiger partial charge in [0.05, 0.1) is 0 Å². The molecule has 22 heavy (non-hydrogen) atoms. The van der Waals surface area contributed by atoms with Crippen LogP contribution in [0.25, 0.3) is 0 Å². The lowest BCUT2D eigenvalue weighted by atomic mass is 9.90. The van der Waals surface area contributed by atoms with Gasteiger partial charge in [-0.2, -0.15) is 0 Å². The van der Waals surface area contributed by atoms with E-state index in [4.69, 9.17) is 13.9 Å².